The van der Waals surface area contributed by atoms with E-state index in [0.717, 1.165) is 18.3 Å². The first kappa shape index (κ1) is 23.2. The fourth-order valence-electron chi connectivity index (χ4n) is 5.03. The number of fused-ring (bicyclic) bond motifs is 3. The predicted molar refractivity (Wildman–Crippen MR) is 124 cm³/mol. The molecule has 0 spiro atoms. The first-order valence-corrected chi connectivity index (χ1v) is 11.7. The molecular formula is C23H21F2N7O5. The van der Waals surface area contributed by atoms with Gasteiger partial charge in [0.25, 0.3) is 11.5 Å². The van der Waals surface area contributed by atoms with Crippen molar-refractivity contribution in [1.82, 2.24) is 24.8 Å². The molecule has 2 aliphatic heterocycles. The number of nitrogens with one attached hydrogen (secondary N) is 2. The minimum atomic E-state index is -1.05. The maximum Gasteiger partial charge on any atom is 0.417 e. The summed E-state index contributed by atoms with van der Waals surface area (Å²) in [7, 11) is 0. The Morgan fingerprint density at radius 1 is 1.11 bits per heavy atom. The zero-order valence-corrected chi connectivity index (χ0v) is 19.3. The normalized spacial score (nSPS) is 22.8. The molecule has 1 saturated heterocycles. The molecule has 12 nitrogen and oxygen atoms in total. The topological polar surface area (TPSA) is 141 Å². The van der Waals surface area contributed by atoms with E-state index in [2.05, 4.69) is 25.6 Å². The maximum absolute atomic E-state index is 13.8. The third-order valence-corrected chi connectivity index (χ3v) is 6.77. The number of nitrogens with zero attached hydrogens (tertiary/aromatic N) is 5. The van der Waals surface area contributed by atoms with Gasteiger partial charge in [-0.25, -0.2) is 28.4 Å². The predicted octanol–water partition coefficient (Wildman–Crippen LogP) is 1.33. The number of hydrogen-bond acceptors (Lipinski definition) is 9. The van der Waals surface area contributed by atoms with E-state index >= 15 is 0 Å². The Labute approximate surface area is 207 Å². The number of halogens is 2. The second kappa shape index (κ2) is 9.03. The van der Waals surface area contributed by atoms with Crippen molar-refractivity contribution < 1.29 is 27.8 Å². The largest absolute Gasteiger partial charge is 0.478 e. The van der Waals surface area contributed by atoms with Crippen molar-refractivity contribution in [2.75, 3.05) is 23.4 Å². The number of rotatable bonds is 5. The standard InChI is InChI=1S/C23H21F2N7O5/c24-12-6-14-16(7-13(12)25)31(20(34)9-27-14)4-3-26-11-1-2-15-17(5-11)37-23(35)32(15)22-28-8-18-21(30-22)29-19(33)10-36-18/h6-9,11,15,17,26H,1-5,10H2,(H,28,29,30,33)/t11-,15-,17+/m0/s1. The van der Waals surface area contributed by atoms with Gasteiger partial charge < -0.3 is 24.7 Å². The highest BCUT2D eigenvalue weighted by Crippen LogP contribution is 2.36. The smallest absolute Gasteiger partial charge is 0.417 e. The second-order valence-corrected chi connectivity index (χ2v) is 9.05. The van der Waals surface area contributed by atoms with Crippen LogP contribution in [-0.4, -0.2) is 62.9 Å². The van der Waals surface area contributed by atoms with Crippen molar-refractivity contribution in [2.45, 2.75) is 44.0 Å². The lowest BCUT2D eigenvalue weighted by atomic mass is 9.88. The molecule has 3 aliphatic rings. The molecule has 0 unspecified atom stereocenters. The van der Waals surface area contributed by atoms with Crippen LogP contribution in [-0.2, 0) is 16.1 Å². The highest BCUT2D eigenvalue weighted by atomic mass is 19.2. The summed E-state index contributed by atoms with van der Waals surface area (Å²) < 4.78 is 39.5. The molecule has 6 rings (SSSR count). The first-order chi connectivity index (χ1) is 17.9. The van der Waals surface area contributed by atoms with Crippen LogP contribution in [0.25, 0.3) is 11.0 Å². The van der Waals surface area contributed by atoms with E-state index < -0.39 is 29.4 Å². The van der Waals surface area contributed by atoms with Gasteiger partial charge in [-0.05, 0) is 12.8 Å². The maximum atomic E-state index is 13.8. The number of amides is 2. The van der Waals surface area contributed by atoms with Crippen LogP contribution in [0.5, 0.6) is 5.75 Å². The van der Waals surface area contributed by atoms with Gasteiger partial charge in [0.15, 0.2) is 29.8 Å². The van der Waals surface area contributed by atoms with Gasteiger partial charge in [0.05, 0.1) is 29.5 Å². The molecule has 4 heterocycles. The Bertz CT molecular complexity index is 1480. The number of carbonyl (C=O) groups is 2. The van der Waals surface area contributed by atoms with Crippen molar-refractivity contribution in [2.24, 2.45) is 0 Å². The summed E-state index contributed by atoms with van der Waals surface area (Å²) in [6.45, 7) is 0.476. The number of aromatic nitrogens is 4. The van der Waals surface area contributed by atoms with E-state index in [-0.39, 0.29) is 53.9 Å². The molecule has 1 aromatic carbocycles. The van der Waals surface area contributed by atoms with Gasteiger partial charge in [-0.2, -0.15) is 4.98 Å². The van der Waals surface area contributed by atoms with Crippen LogP contribution in [0.3, 0.4) is 0 Å². The van der Waals surface area contributed by atoms with Crippen molar-refractivity contribution >= 4 is 34.8 Å². The Hall–Kier alpha value is -4.20. The van der Waals surface area contributed by atoms with E-state index in [1.807, 2.05) is 0 Å². The summed E-state index contributed by atoms with van der Waals surface area (Å²) in [4.78, 5) is 50.4. The van der Waals surface area contributed by atoms with Crippen LogP contribution in [0.2, 0.25) is 0 Å². The zero-order valence-electron chi connectivity index (χ0n) is 19.3. The summed E-state index contributed by atoms with van der Waals surface area (Å²) in [6, 6.07) is 1.66. The van der Waals surface area contributed by atoms with Crippen molar-refractivity contribution in [1.29, 1.82) is 0 Å². The molecule has 2 amide bonds. The van der Waals surface area contributed by atoms with Gasteiger partial charge in [0, 0.05) is 37.7 Å². The second-order valence-electron chi connectivity index (χ2n) is 9.05. The lowest BCUT2D eigenvalue weighted by Crippen LogP contribution is -2.47. The lowest BCUT2D eigenvalue weighted by Gasteiger charge is -2.32. The Morgan fingerprint density at radius 2 is 1.95 bits per heavy atom. The monoisotopic (exact) mass is 513 g/mol. The summed E-state index contributed by atoms with van der Waals surface area (Å²) in [5, 5.41) is 5.97. The van der Waals surface area contributed by atoms with Crippen LogP contribution in [0.15, 0.2) is 29.3 Å². The van der Waals surface area contributed by atoms with Gasteiger partial charge in [-0.1, -0.05) is 0 Å². The summed E-state index contributed by atoms with van der Waals surface area (Å²) in [5.74, 6) is -1.76. The molecule has 2 fully saturated rings. The Kier molecular flexibility index (Phi) is 5.67. The van der Waals surface area contributed by atoms with Gasteiger partial charge in [-0.15, -0.1) is 0 Å². The molecule has 1 aliphatic carbocycles. The zero-order chi connectivity index (χ0) is 25.7. The molecule has 1 saturated carbocycles. The van der Waals surface area contributed by atoms with E-state index in [0.29, 0.717) is 31.6 Å². The molecule has 3 atom stereocenters. The lowest BCUT2D eigenvalue weighted by molar-refractivity contribution is -0.118. The highest BCUT2D eigenvalue weighted by Gasteiger charge is 2.47. The summed E-state index contributed by atoms with van der Waals surface area (Å²) in [6.07, 6.45) is 3.38. The van der Waals surface area contributed by atoms with Crippen LogP contribution >= 0.6 is 0 Å². The van der Waals surface area contributed by atoms with Crippen molar-refractivity contribution in [3.63, 3.8) is 0 Å². The van der Waals surface area contributed by atoms with E-state index in [1.54, 1.807) is 0 Å². The van der Waals surface area contributed by atoms with E-state index in [9.17, 15) is 23.2 Å². The number of ether oxygens (including phenoxy) is 2. The Morgan fingerprint density at radius 3 is 2.81 bits per heavy atom. The molecule has 37 heavy (non-hydrogen) atoms. The molecule has 2 N–H and O–H groups in total. The summed E-state index contributed by atoms with van der Waals surface area (Å²) in [5.41, 5.74) is -0.0209. The highest BCUT2D eigenvalue weighted by molar-refractivity contribution is 5.95. The number of anilines is 2. The quantitative estimate of drug-likeness (QED) is 0.517. The molecule has 0 bridgehead atoms. The average Bonchev–Trinajstić information content (AvgIpc) is 3.21. The minimum absolute atomic E-state index is 0.00382. The summed E-state index contributed by atoms with van der Waals surface area (Å²) >= 11 is 0. The average molecular weight is 513 g/mol. The van der Waals surface area contributed by atoms with Gasteiger partial charge in [-0.3, -0.25) is 9.59 Å². The Balaban J connectivity index is 1.11. The molecule has 2 aromatic heterocycles. The molecule has 192 valence electrons. The number of hydrogen-bond donors (Lipinski definition) is 2. The SMILES string of the molecule is O=C1COc2cnc(N3C(=O)O[C@@H]4C[C@@H](NCCn5c(=O)cnc6cc(F)c(F)cc65)CC[C@@H]43)nc2N1. The van der Waals surface area contributed by atoms with Crippen LogP contribution in [0.1, 0.15) is 19.3 Å². The van der Waals surface area contributed by atoms with E-state index in [1.165, 1.54) is 15.7 Å². The van der Waals surface area contributed by atoms with Crippen LogP contribution in [0, 0.1) is 11.6 Å². The van der Waals surface area contributed by atoms with Gasteiger partial charge in [0.2, 0.25) is 5.95 Å². The number of carbonyl (C=O) groups excluding carboxylic acids is 2. The number of benzene rings is 1. The first-order valence-electron chi connectivity index (χ1n) is 11.7. The minimum Gasteiger partial charge on any atom is -0.478 e. The molecule has 3 aromatic rings. The molecule has 0 radical (unpaired) electrons. The fraction of sp³-hybridized carbons (Fsp3) is 0.391. The third-order valence-electron chi connectivity index (χ3n) is 6.77. The van der Waals surface area contributed by atoms with Gasteiger partial charge >= 0.3 is 6.09 Å². The molecule has 14 heteroatoms. The van der Waals surface area contributed by atoms with Crippen LogP contribution in [0.4, 0.5) is 25.3 Å². The van der Waals surface area contributed by atoms with Crippen LogP contribution < -0.4 is 25.8 Å². The molecular weight excluding hydrogens is 492 g/mol. The van der Waals surface area contributed by atoms with Crippen molar-refractivity contribution in [3.05, 3.63) is 46.5 Å². The van der Waals surface area contributed by atoms with E-state index in [4.69, 9.17) is 9.47 Å². The fourth-order valence-corrected chi connectivity index (χ4v) is 5.03. The van der Waals surface area contributed by atoms with Gasteiger partial charge in [0.1, 0.15) is 6.10 Å². The van der Waals surface area contributed by atoms with Crippen molar-refractivity contribution in [3.8, 4) is 5.75 Å². The third kappa shape index (κ3) is 4.22.